The van der Waals surface area contributed by atoms with E-state index in [1.165, 1.54) is 49.5 Å². The van der Waals surface area contributed by atoms with Crippen molar-refractivity contribution in [2.45, 2.75) is 88.6 Å². The molecule has 3 atom stereocenters. The second-order valence-electron chi connectivity index (χ2n) is 12.6. The number of nitrogens with zero attached hydrogens (tertiary/aromatic N) is 1. The van der Waals surface area contributed by atoms with E-state index in [4.69, 9.17) is 4.74 Å². The number of benzene rings is 1. The molecular formula is C28H34FNO4. The molecule has 1 heterocycles. The van der Waals surface area contributed by atoms with Crippen LogP contribution in [0.1, 0.15) is 92.5 Å². The lowest BCUT2D eigenvalue weighted by Gasteiger charge is -2.56. The summed E-state index contributed by atoms with van der Waals surface area (Å²) in [5.74, 6) is 1.40. The molecule has 1 aliphatic heterocycles. The van der Waals surface area contributed by atoms with Crippen LogP contribution >= 0.6 is 0 Å². The third-order valence-corrected chi connectivity index (χ3v) is 10.1. The van der Waals surface area contributed by atoms with Gasteiger partial charge in [-0.3, -0.25) is 4.79 Å². The summed E-state index contributed by atoms with van der Waals surface area (Å²) in [6.07, 6.45) is 12.3. The van der Waals surface area contributed by atoms with Crippen molar-refractivity contribution in [1.29, 1.82) is 0 Å². The zero-order valence-corrected chi connectivity index (χ0v) is 19.7. The minimum Gasteiger partial charge on any atom is -0.493 e. The predicted molar refractivity (Wildman–Crippen MR) is 123 cm³/mol. The average molecular weight is 468 g/mol. The zero-order chi connectivity index (χ0) is 23.2. The topological polar surface area (TPSA) is 66.8 Å². The Labute approximate surface area is 200 Å². The Morgan fingerprint density at radius 2 is 1.68 bits per heavy atom. The summed E-state index contributed by atoms with van der Waals surface area (Å²) < 4.78 is 21.8. The number of carbonyl (C=O) groups excluding carboxylic acids is 1. The maximum Gasteiger partial charge on any atom is 0.326 e. The lowest BCUT2D eigenvalue weighted by atomic mass is 9.50. The lowest BCUT2D eigenvalue weighted by Crippen LogP contribution is -2.49. The van der Waals surface area contributed by atoms with Gasteiger partial charge in [-0.25, -0.2) is 9.18 Å². The Balaban J connectivity index is 1.15. The lowest BCUT2D eigenvalue weighted by molar-refractivity contribution is -0.143. The minimum absolute atomic E-state index is 0.0136. The van der Waals surface area contributed by atoms with E-state index < -0.39 is 23.7 Å². The molecule has 6 heteroatoms. The molecule has 1 aromatic rings. The first-order chi connectivity index (χ1) is 16.4. The van der Waals surface area contributed by atoms with Gasteiger partial charge in [0.15, 0.2) is 0 Å². The molecule has 7 fully saturated rings. The molecule has 0 radical (unpaired) electrons. The number of fused-ring (bicyclic) bond motifs is 2. The number of carbonyl (C=O) groups is 2. The van der Waals surface area contributed by atoms with Gasteiger partial charge in [-0.2, -0.15) is 0 Å². The number of hydrogen-bond acceptors (Lipinski definition) is 3. The molecular weight excluding hydrogens is 433 g/mol. The zero-order valence-electron chi connectivity index (χ0n) is 19.7. The Kier molecular flexibility index (Phi) is 4.64. The number of rotatable bonds is 6. The van der Waals surface area contributed by atoms with Crippen LogP contribution in [-0.2, 0) is 4.79 Å². The molecule has 8 rings (SSSR count). The van der Waals surface area contributed by atoms with E-state index in [0.717, 1.165) is 49.0 Å². The summed E-state index contributed by atoms with van der Waals surface area (Å²) in [6.45, 7) is 0.653. The van der Waals surface area contributed by atoms with E-state index in [9.17, 15) is 14.7 Å². The number of carboxylic acids is 1. The van der Waals surface area contributed by atoms with Gasteiger partial charge >= 0.3 is 5.97 Å². The highest BCUT2D eigenvalue weighted by Gasteiger charge is 2.53. The van der Waals surface area contributed by atoms with Gasteiger partial charge in [0, 0.05) is 17.5 Å². The molecule has 6 aliphatic carbocycles. The Morgan fingerprint density at radius 3 is 2.29 bits per heavy atom. The quantitative estimate of drug-likeness (QED) is 0.610. The van der Waals surface area contributed by atoms with Gasteiger partial charge in [-0.15, -0.1) is 0 Å². The van der Waals surface area contributed by atoms with Crippen LogP contribution in [0.5, 0.6) is 5.75 Å². The molecule has 6 saturated carbocycles. The highest BCUT2D eigenvalue weighted by molar-refractivity contribution is 5.98. The number of likely N-dealkylation sites (tertiary alicyclic amines) is 1. The molecule has 1 amide bonds. The summed E-state index contributed by atoms with van der Waals surface area (Å²) in [4.78, 5) is 26.8. The second kappa shape index (κ2) is 7.44. The van der Waals surface area contributed by atoms with E-state index in [1.807, 2.05) is 0 Å². The Hall–Kier alpha value is -2.11. The van der Waals surface area contributed by atoms with Crippen molar-refractivity contribution in [3.63, 3.8) is 0 Å². The van der Waals surface area contributed by atoms with Crippen LogP contribution in [-0.4, -0.2) is 40.6 Å². The van der Waals surface area contributed by atoms with Crippen LogP contribution in [0.15, 0.2) is 12.1 Å². The number of amides is 1. The second-order valence-corrected chi connectivity index (χ2v) is 12.6. The monoisotopic (exact) mass is 467 g/mol. The van der Waals surface area contributed by atoms with Crippen LogP contribution in [0.4, 0.5) is 4.39 Å². The van der Waals surface area contributed by atoms with Crippen molar-refractivity contribution in [3.05, 3.63) is 29.1 Å². The maximum absolute atomic E-state index is 15.4. The highest BCUT2D eigenvalue weighted by Crippen LogP contribution is 2.60. The van der Waals surface area contributed by atoms with E-state index in [1.54, 1.807) is 6.07 Å². The molecule has 1 N–H and O–H groups in total. The van der Waals surface area contributed by atoms with E-state index >= 15 is 4.39 Å². The van der Waals surface area contributed by atoms with Crippen molar-refractivity contribution in [2.75, 3.05) is 6.61 Å². The van der Waals surface area contributed by atoms with Crippen molar-refractivity contribution >= 4 is 11.9 Å². The number of piperidine rings is 1. The van der Waals surface area contributed by atoms with Gasteiger partial charge in [0.25, 0.3) is 5.91 Å². The molecule has 1 aromatic carbocycles. The minimum atomic E-state index is -0.973. The maximum atomic E-state index is 15.4. The molecule has 0 aromatic heterocycles. The van der Waals surface area contributed by atoms with Gasteiger partial charge in [0.05, 0.1) is 12.2 Å². The number of aliphatic carboxylic acids is 1. The van der Waals surface area contributed by atoms with Gasteiger partial charge in [-0.05, 0) is 112 Å². The third kappa shape index (κ3) is 3.30. The number of hydrogen-bond donors (Lipinski definition) is 1. The molecule has 0 spiro atoms. The summed E-state index contributed by atoms with van der Waals surface area (Å²) in [5, 5.41) is 9.75. The van der Waals surface area contributed by atoms with Crippen LogP contribution in [0.3, 0.4) is 0 Å². The van der Waals surface area contributed by atoms with Crippen molar-refractivity contribution < 1.29 is 23.8 Å². The average Bonchev–Trinajstić information content (AvgIpc) is 3.42. The van der Waals surface area contributed by atoms with Crippen LogP contribution in [0.2, 0.25) is 0 Å². The molecule has 182 valence electrons. The van der Waals surface area contributed by atoms with E-state index in [0.29, 0.717) is 24.7 Å². The van der Waals surface area contributed by atoms with Crippen molar-refractivity contribution in [3.8, 4) is 5.75 Å². The molecule has 6 bridgehead atoms. The van der Waals surface area contributed by atoms with Crippen LogP contribution in [0, 0.1) is 34.9 Å². The summed E-state index contributed by atoms with van der Waals surface area (Å²) in [6, 6.07) is 2.19. The summed E-state index contributed by atoms with van der Waals surface area (Å²) >= 11 is 0. The first-order valence-corrected chi connectivity index (χ1v) is 13.4. The number of carboxylic acid groups (broad SMARTS) is 1. The molecule has 7 aliphatic rings. The molecule has 1 saturated heterocycles. The first-order valence-electron chi connectivity index (χ1n) is 13.4. The highest BCUT2D eigenvalue weighted by atomic mass is 19.1. The van der Waals surface area contributed by atoms with Crippen molar-refractivity contribution in [1.82, 2.24) is 4.90 Å². The third-order valence-electron chi connectivity index (χ3n) is 10.1. The van der Waals surface area contributed by atoms with Gasteiger partial charge in [0.2, 0.25) is 0 Å². The van der Waals surface area contributed by atoms with Crippen LogP contribution in [0.25, 0.3) is 0 Å². The van der Waals surface area contributed by atoms with Gasteiger partial charge in [-0.1, -0.05) is 0 Å². The van der Waals surface area contributed by atoms with E-state index in [-0.39, 0.29) is 22.9 Å². The standard InChI is InChI=1S/C28H34FNO4/c29-23-10-24(34-14-28-11-15-5-16(12-28)7-17(6-15)13-28)21(18-1-2-18)9-22(23)26(31)30-20-4-3-19(8-20)25(30)27(32)33/h9-10,15-20,25H,1-8,11-14H2,(H,32,33)/t15?,16?,17?,19-,20-,25+,28?/m1/s1. The molecule has 5 nitrogen and oxygen atoms in total. The fraction of sp³-hybridized carbons (Fsp3) is 0.714. The fourth-order valence-corrected chi connectivity index (χ4v) is 9.01. The largest absolute Gasteiger partial charge is 0.493 e. The summed E-state index contributed by atoms with van der Waals surface area (Å²) in [7, 11) is 0. The van der Waals surface area contributed by atoms with E-state index in [2.05, 4.69) is 0 Å². The summed E-state index contributed by atoms with van der Waals surface area (Å²) in [5.41, 5.74) is 1.19. The SMILES string of the molecule is O=C(O)[C@@H]1[C@@H]2CC[C@H](C2)N1C(=O)c1cc(C2CC2)c(OCC23CC4CC(CC(C4)C2)C3)cc1F. The van der Waals surface area contributed by atoms with Crippen molar-refractivity contribution in [2.24, 2.45) is 29.1 Å². The smallest absolute Gasteiger partial charge is 0.326 e. The van der Waals surface area contributed by atoms with Gasteiger partial charge in [0.1, 0.15) is 17.6 Å². The Morgan fingerprint density at radius 1 is 1.00 bits per heavy atom. The Bertz CT molecular complexity index is 1010. The molecule has 34 heavy (non-hydrogen) atoms. The molecule has 0 unspecified atom stereocenters. The van der Waals surface area contributed by atoms with Crippen LogP contribution < -0.4 is 4.74 Å². The number of halogens is 1. The number of ether oxygens (including phenoxy) is 1. The van der Waals surface area contributed by atoms with Gasteiger partial charge < -0.3 is 14.7 Å². The normalized spacial score (nSPS) is 39.6. The fourth-order valence-electron chi connectivity index (χ4n) is 9.01. The predicted octanol–water partition coefficient (Wildman–Crippen LogP) is 5.38. The first kappa shape index (κ1) is 21.2.